The van der Waals surface area contributed by atoms with Crippen LogP contribution in [0.2, 0.25) is 0 Å². The smallest absolute Gasteiger partial charge is 0.258 e. The topological polar surface area (TPSA) is 133 Å². The number of anilines is 1. The van der Waals surface area contributed by atoms with Crippen molar-refractivity contribution in [1.29, 1.82) is 5.26 Å². The van der Waals surface area contributed by atoms with E-state index in [4.69, 9.17) is 10.00 Å². The van der Waals surface area contributed by atoms with Crippen molar-refractivity contribution in [1.82, 2.24) is 19.4 Å². The van der Waals surface area contributed by atoms with Crippen molar-refractivity contribution < 1.29 is 19.4 Å². The molecule has 10 nitrogen and oxygen atoms in total. The first-order valence-electron chi connectivity index (χ1n) is 11.6. The lowest BCUT2D eigenvalue weighted by molar-refractivity contribution is 0.0650. The van der Waals surface area contributed by atoms with Crippen molar-refractivity contribution >= 4 is 28.9 Å². The summed E-state index contributed by atoms with van der Waals surface area (Å²) >= 11 is 0. The Kier molecular flexibility index (Phi) is 7.70. The minimum Gasteiger partial charge on any atom is -0.396 e. The molecule has 0 radical (unpaired) electrons. The summed E-state index contributed by atoms with van der Waals surface area (Å²) in [7, 11) is 1.62. The van der Waals surface area contributed by atoms with E-state index in [1.807, 2.05) is 6.07 Å². The Bertz CT molecular complexity index is 1260. The summed E-state index contributed by atoms with van der Waals surface area (Å²) in [5.74, 6) is 0.0314. The normalized spacial score (nSPS) is 14.1. The molecule has 35 heavy (non-hydrogen) atoms. The number of amides is 2. The molecule has 0 saturated carbocycles. The molecule has 2 N–H and O–H groups in total. The maximum Gasteiger partial charge on any atom is 0.258 e. The summed E-state index contributed by atoms with van der Waals surface area (Å²) in [6.45, 7) is 2.36. The van der Waals surface area contributed by atoms with Crippen LogP contribution in [0.15, 0.2) is 36.5 Å². The highest BCUT2D eigenvalue weighted by molar-refractivity contribution is 6.04. The Labute approximate surface area is 203 Å². The molecule has 182 valence electrons. The maximum atomic E-state index is 13.0. The molecule has 1 aliphatic heterocycles. The maximum absolute atomic E-state index is 13.0. The fraction of sp³-hybridized carbons (Fsp3) is 0.400. The van der Waals surface area contributed by atoms with Crippen LogP contribution in [0.5, 0.6) is 0 Å². The Balaban J connectivity index is 1.61. The Morgan fingerprint density at radius 1 is 1.26 bits per heavy atom. The standard InChI is InChI=1S/C25H28N6O4/c1-35-11-3-8-31-22-21(28-25(31)29-23(33)19-5-2-4-18(12-19)14-26)13-20(15-27-22)24(34)30-9-6-17(16-32)7-10-30/h2,4-5,12-13,15,17,32H,3,6-11,16H2,1H3,(H,28,29,33). The largest absolute Gasteiger partial charge is 0.396 e. The zero-order chi connectivity index (χ0) is 24.8. The second kappa shape index (κ2) is 11.1. The zero-order valence-corrected chi connectivity index (χ0v) is 19.6. The zero-order valence-electron chi connectivity index (χ0n) is 19.6. The number of hydrogen-bond donors (Lipinski definition) is 2. The number of hydrogen-bond acceptors (Lipinski definition) is 7. The van der Waals surface area contributed by atoms with Gasteiger partial charge >= 0.3 is 0 Å². The summed E-state index contributed by atoms with van der Waals surface area (Å²) < 4.78 is 6.96. The number of pyridine rings is 1. The lowest BCUT2D eigenvalue weighted by Gasteiger charge is -2.31. The third-order valence-corrected chi connectivity index (χ3v) is 6.20. The number of benzene rings is 1. The number of piperidine rings is 1. The van der Waals surface area contributed by atoms with Gasteiger partial charge in [-0.1, -0.05) is 6.07 Å². The fourth-order valence-corrected chi connectivity index (χ4v) is 4.21. The van der Waals surface area contributed by atoms with Gasteiger partial charge in [-0.05, 0) is 49.4 Å². The van der Waals surface area contributed by atoms with Crippen LogP contribution in [-0.4, -0.2) is 69.8 Å². The molecule has 3 heterocycles. The van der Waals surface area contributed by atoms with E-state index >= 15 is 0 Å². The number of carbonyl (C=O) groups is 2. The molecule has 2 amide bonds. The highest BCUT2D eigenvalue weighted by atomic mass is 16.5. The van der Waals surface area contributed by atoms with Gasteiger partial charge < -0.3 is 14.7 Å². The number of nitrogens with one attached hydrogen (secondary N) is 1. The summed E-state index contributed by atoms with van der Waals surface area (Å²) in [5, 5.41) is 21.3. The average molecular weight is 477 g/mol. The number of rotatable bonds is 8. The molecule has 0 unspecified atom stereocenters. The molecule has 0 atom stereocenters. The number of aromatic nitrogens is 3. The number of aryl methyl sites for hydroxylation is 1. The van der Waals surface area contributed by atoms with Crippen LogP contribution in [-0.2, 0) is 11.3 Å². The van der Waals surface area contributed by atoms with E-state index in [1.165, 1.54) is 6.07 Å². The van der Waals surface area contributed by atoms with Crippen LogP contribution in [0, 0.1) is 17.2 Å². The number of aliphatic hydroxyl groups is 1. The first-order chi connectivity index (χ1) is 17.0. The van der Waals surface area contributed by atoms with Gasteiger partial charge in [0.2, 0.25) is 5.95 Å². The van der Waals surface area contributed by atoms with Gasteiger partial charge in [-0.3, -0.25) is 19.5 Å². The van der Waals surface area contributed by atoms with Gasteiger partial charge in [0.25, 0.3) is 11.8 Å². The fourth-order valence-electron chi connectivity index (χ4n) is 4.21. The molecule has 10 heteroatoms. The molecule has 3 aromatic rings. The van der Waals surface area contributed by atoms with Crippen molar-refractivity contribution in [2.45, 2.75) is 25.8 Å². The van der Waals surface area contributed by atoms with Crippen molar-refractivity contribution in [2.75, 3.05) is 38.7 Å². The average Bonchev–Trinajstić information content (AvgIpc) is 3.24. The molecule has 0 bridgehead atoms. The number of methoxy groups -OCH3 is 1. The number of carbonyl (C=O) groups excluding carboxylic acids is 2. The molecule has 0 aliphatic carbocycles. The van der Waals surface area contributed by atoms with Crippen LogP contribution < -0.4 is 5.32 Å². The quantitative estimate of drug-likeness (QED) is 0.477. The first-order valence-corrected chi connectivity index (χ1v) is 11.6. The predicted molar refractivity (Wildman–Crippen MR) is 129 cm³/mol. The van der Waals surface area contributed by atoms with E-state index in [-0.39, 0.29) is 18.4 Å². The number of nitriles is 1. The summed E-state index contributed by atoms with van der Waals surface area (Å²) in [6.07, 6.45) is 3.76. The molecule has 1 aliphatic rings. The minimum atomic E-state index is -0.395. The second-order valence-corrected chi connectivity index (χ2v) is 8.57. The molecule has 2 aromatic heterocycles. The van der Waals surface area contributed by atoms with E-state index in [0.29, 0.717) is 66.5 Å². The summed E-state index contributed by atoms with van der Waals surface area (Å²) in [5.41, 5.74) is 2.21. The van der Waals surface area contributed by atoms with Crippen LogP contribution in [0.25, 0.3) is 11.2 Å². The van der Waals surface area contributed by atoms with E-state index < -0.39 is 5.91 Å². The monoisotopic (exact) mass is 476 g/mol. The van der Waals surface area contributed by atoms with Gasteiger partial charge in [0, 0.05) is 51.7 Å². The van der Waals surface area contributed by atoms with Crippen molar-refractivity contribution in [2.24, 2.45) is 5.92 Å². The van der Waals surface area contributed by atoms with Gasteiger partial charge in [-0.2, -0.15) is 5.26 Å². The number of likely N-dealkylation sites (tertiary alicyclic amines) is 1. The van der Waals surface area contributed by atoms with Gasteiger partial charge in [0.05, 0.1) is 17.2 Å². The highest BCUT2D eigenvalue weighted by Gasteiger charge is 2.24. The summed E-state index contributed by atoms with van der Waals surface area (Å²) in [4.78, 5) is 36.8. The lowest BCUT2D eigenvalue weighted by atomic mass is 9.97. The van der Waals surface area contributed by atoms with E-state index in [9.17, 15) is 14.7 Å². The number of imidazole rings is 1. The Morgan fingerprint density at radius 2 is 2.06 bits per heavy atom. The van der Waals surface area contributed by atoms with Crippen LogP contribution in [0.1, 0.15) is 45.5 Å². The first kappa shape index (κ1) is 24.3. The third-order valence-electron chi connectivity index (χ3n) is 6.20. The SMILES string of the molecule is COCCCn1c(NC(=O)c2cccc(C#N)c2)nc2cc(C(=O)N3CCC(CO)CC3)cnc21. The van der Waals surface area contributed by atoms with Crippen molar-refractivity contribution in [3.63, 3.8) is 0 Å². The lowest BCUT2D eigenvalue weighted by Crippen LogP contribution is -2.39. The second-order valence-electron chi connectivity index (χ2n) is 8.57. The van der Waals surface area contributed by atoms with Crippen molar-refractivity contribution in [3.8, 4) is 6.07 Å². The molecular formula is C25H28N6O4. The van der Waals surface area contributed by atoms with Crippen LogP contribution >= 0.6 is 0 Å². The molecule has 1 aromatic carbocycles. The van der Waals surface area contributed by atoms with Crippen LogP contribution in [0.3, 0.4) is 0 Å². The van der Waals surface area contributed by atoms with Gasteiger partial charge in [0.1, 0.15) is 5.52 Å². The van der Waals surface area contributed by atoms with E-state index in [2.05, 4.69) is 15.3 Å². The molecular weight excluding hydrogens is 448 g/mol. The number of fused-ring (bicyclic) bond motifs is 1. The van der Waals surface area contributed by atoms with Crippen LogP contribution in [0.4, 0.5) is 5.95 Å². The molecule has 1 saturated heterocycles. The van der Waals surface area contributed by atoms with Gasteiger partial charge in [-0.15, -0.1) is 0 Å². The molecule has 4 rings (SSSR count). The van der Waals surface area contributed by atoms with Gasteiger partial charge in [-0.25, -0.2) is 9.97 Å². The van der Waals surface area contributed by atoms with Gasteiger partial charge in [0.15, 0.2) is 5.65 Å². The van der Waals surface area contributed by atoms with E-state index in [1.54, 1.807) is 47.0 Å². The third kappa shape index (κ3) is 5.48. The number of nitrogens with zero attached hydrogens (tertiary/aromatic N) is 5. The minimum absolute atomic E-state index is 0.122. The van der Waals surface area contributed by atoms with Crippen molar-refractivity contribution in [3.05, 3.63) is 53.2 Å². The Morgan fingerprint density at radius 3 is 2.77 bits per heavy atom. The molecule has 1 fully saturated rings. The predicted octanol–water partition coefficient (Wildman–Crippen LogP) is 2.44. The number of aliphatic hydroxyl groups excluding tert-OH is 1. The van der Waals surface area contributed by atoms with E-state index in [0.717, 1.165) is 12.8 Å². The highest BCUT2D eigenvalue weighted by Crippen LogP contribution is 2.23. The Hall–Kier alpha value is -3.81. The number of ether oxygens (including phenoxy) is 1. The summed E-state index contributed by atoms with van der Waals surface area (Å²) in [6, 6.07) is 10.2. The molecule has 0 spiro atoms.